The van der Waals surface area contributed by atoms with E-state index in [9.17, 15) is 0 Å². The fourth-order valence-corrected chi connectivity index (χ4v) is 3.72. The van der Waals surface area contributed by atoms with E-state index in [1.807, 2.05) is 0 Å². The van der Waals surface area contributed by atoms with E-state index in [1.165, 1.54) is 11.1 Å². The van der Waals surface area contributed by atoms with Crippen LogP contribution in [0.3, 0.4) is 0 Å². The lowest BCUT2D eigenvalue weighted by molar-refractivity contribution is -0.101. The summed E-state index contributed by atoms with van der Waals surface area (Å²) < 4.78 is 12.7. The molecule has 110 valence electrons. The smallest absolute Gasteiger partial charge is 0.0940 e. The SMILES string of the molecule is Cc1ccc(C(N)C2CCOC3(CCOC3)C2)cc1Br. The summed E-state index contributed by atoms with van der Waals surface area (Å²) in [4.78, 5) is 0. The van der Waals surface area contributed by atoms with Crippen LogP contribution in [0.25, 0.3) is 0 Å². The Morgan fingerprint density at radius 3 is 2.95 bits per heavy atom. The molecule has 0 aliphatic carbocycles. The van der Waals surface area contributed by atoms with Crippen molar-refractivity contribution < 1.29 is 9.47 Å². The maximum atomic E-state index is 6.52. The summed E-state index contributed by atoms with van der Waals surface area (Å²) >= 11 is 3.60. The second-order valence-corrected chi connectivity index (χ2v) is 6.98. The minimum Gasteiger partial charge on any atom is -0.378 e. The van der Waals surface area contributed by atoms with Gasteiger partial charge in [-0.25, -0.2) is 0 Å². The van der Waals surface area contributed by atoms with Crippen LogP contribution in [0.2, 0.25) is 0 Å². The quantitative estimate of drug-likeness (QED) is 0.898. The zero-order chi connectivity index (χ0) is 14.2. The van der Waals surface area contributed by atoms with Gasteiger partial charge in [-0.1, -0.05) is 28.1 Å². The Labute approximate surface area is 129 Å². The minimum absolute atomic E-state index is 0.0670. The molecule has 0 aromatic heterocycles. The van der Waals surface area contributed by atoms with Crippen molar-refractivity contribution in [3.63, 3.8) is 0 Å². The fourth-order valence-electron chi connectivity index (χ4n) is 3.32. The summed E-state index contributed by atoms with van der Waals surface area (Å²) in [7, 11) is 0. The second-order valence-electron chi connectivity index (χ2n) is 6.12. The summed E-state index contributed by atoms with van der Waals surface area (Å²) in [6, 6.07) is 6.52. The molecule has 1 aromatic rings. The molecule has 3 nitrogen and oxygen atoms in total. The van der Waals surface area contributed by atoms with Crippen LogP contribution in [0.4, 0.5) is 0 Å². The molecule has 0 amide bonds. The maximum Gasteiger partial charge on any atom is 0.0940 e. The highest BCUT2D eigenvalue weighted by Crippen LogP contribution is 2.40. The topological polar surface area (TPSA) is 44.5 Å². The van der Waals surface area contributed by atoms with Crippen molar-refractivity contribution in [1.29, 1.82) is 0 Å². The van der Waals surface area contributed by atoms with Crippen LogP contribution < -0.4 is 5.73 Å². The lowest BCUT2D eigenvalue weighted by Gasteiger charge is -2.39. The molecule has 3 rings (SSSR count). The second kappa shape index (κ2) is 5.76. The average Bonchev–Trinajstić information content (AvgIpc) is 2.89. The third kappa shape index (κ3) is 2.80. The Kier molecular flexibility index (Phi) is 4.18. The van der Waals surface area contributed by atoms with E-state index in [0.29, 0.717) is 5.92 Å². The third-order valence-electron chi connectivity index (χ3n) is 4.69. The average molecular weight is 340 g/mol. The molecule has 4 heteroatoms. The van der Waals surface area contributed by atoms with Crippen molar-refractivity contribution in [1.82, 2.24) is 0 Å². The summed E-state index contributed by atoms with van der Waals surface area (Å²) in [5, 5.41) is 0. The molecule has 3 atom stereocenters. The van der Waals surface area contributed by atoms with Gasteiger partial charge in [0.05, 0.1) is 12.2 Å². The van der Waals surface area contributed by atoms with Gasteiger partial charge in [0, 0.05) is 30.1 Å². The lowest BCUT2D eigenvalue weighted by Crippen LogP contribution is -2.43. The molecule has 2 aliphatic rings. The molecule has 3 unspecified atom stereocenters. The van der Waals surface area contributed by atoms with Crippen LogP contribution >= 0.6 is 15.9 Å². The highest BCUT2D eigenvalue weighted by Gasteiger charge is 2.42. The maximum absolute atomic E-state index is 6.52. The Morgan fingerprint density at radius 2 is 2.25 bits per heavy atom. The normalized spacial score (nSPS) is 31.6. The van der Waals surface area contributed by atoms with Gasteiger partial charge in [-0.05, 0) is 42.9 Å². The van der Waals surface area contributed by atoms with E-state index in [4.69, 9.17) is 15.2 Å². The van der Waals surface area contributed by atoms with Gasteiger partial charge < -0.3 is 15.2 Å². The van der Waals surface area contributed by atoms with Crippen LogP contribution in [0.5, 0.6) is 0 Å². The van der Waals surface area contributed by atoms with Crippen LogP contribution in [0.1, 0.15) is 36.4 Å². The number of rotatable bonds is 2. The first kappa shape index (κ1) is 14.5. The highest BCUT2D eigenvalue weighted by atomic mass is 79.9. The predicted octanol–water partition coefficient (Wildman–Crippen LogP) is 3.34. The molecule has 1 spiro atoms. The molecule has 20 heavy (non-hydrogen) atoms. The molecule has 1 aromatic carbocycles. The van der Waals surface area contributed by atoms with Crippen LogP contribution in [-0.4, -0.2) is 25.4 Å². The van der Waals surface area contributed by atoms with E-state index < -0.39 is 0 Å². The third-order valence-corrected chi connectivity index (χ3v) is 5.54. The standard InChI is InChI=1S/C16H22BrNO2/c1-11-2-3-12(8-14(11)17)15(18)13-4-6-20-16(9-13)5-7-19-10-16/h2-3,8,13,15H,4-7,9-10,18H2,1H3. The van der Waals surface area contributed by atoms with Gasteiger partial charge >= 0.3 is 0 Å². The van der Waals surface area contributed by atoms with Crippen molar-refractivity contribution in [2.24, 2.45) is 11.7 Å². The van der Waals surface area contributed by atoms with E-state index >= 15 is 0 Å². The van der Waals surface area contributed by atoms with Crippen molar-refractivity contribution in [2.45, 2.75) is 37.8 Å². The van der Waals surface area contributed by atoms with Crippen molar-refractivity contribution in [2.75, 3.05) is 19.8 Å². The van der Waals surface area contributed by atoms with Crippen molar-refractivity contribution in [3.8, 4) is 0 Å². The van der Waals surface area contributed by atoms with Crippen LogP contribution in [0, 0.1) is 12.8 Å². The molecule has 0 bridgehead atoms. The Bertz CT molecular complexity index is 485. The monoisotopic (exact) mass is 339 g/mol. The molecule has 0 saturated carbocycles. The summed E-state index contributed by atoms with van der Waals surface area (Å²) in [6.45, 7) is 4.44. The zero-order valence-electron chi connectivity index (χ0n) is 11.9. The van der Waals surface area contributed by atoms with Gasteiger partial charge in [0.25, 0.3) is 0 Å². The minimum atomic E-state index is -0.0670. The first-order chi connectivity index (χ1) is 9.60. The van der Waals surface area contributed by atoms with Crippen molar-refractivity contribution in [3.05, 3.63) is 33.8 Å². The number of aryl methyl sites for hydroxylation is 1. The first-order valence-electron chi connectivity index (χ1n) is 7.33. The van der Waals surface area contributed by atoms with Gasteiger partial charge in [0.15, 0.2) is 0 Å². The Balaban J connectivity index is 1.75. The van der Waals surface area contributed by atoms with E-state index in [0.717, 1.165) is 43.6 Å². The lowest BCUT2D eigenvalue weighted by atomic mass is 9.79. The number of ether oxygens (including phenoxy) is 2. The molecule has 0 radical (unpaired) electrons. The van der Waals surface area contributed by atoms with Gasteiger partial charge in [-0.15, -0.1) is 0 Å². The highest BCUT2D eigenvalue weighted by molar-refractivity contribution is 9.10. The Hall–Kier alpha value is -0.420. The Morgan fingerprint density at radius 1 is 1.40 bits per heavy atom. The fraction of sp³-hybridized carbons (Fsp3) is 0.625. The summed E-state index contributed by atoms with van der Waals surface area (Å²) in [5.41, 5.74) is 8.91. The summed E-state index contributed by atoms with van der Waals surface area (Å²) in [6.07, 6.45) is 3.06. The molecule has 2 N–H and O–H groups in total. The number of hydrogen-bond donors (Lipinski definition) is 1. The van der Waals surface area contributed by atoms with Gasteiger partial charge in [0.1, 0.15) is 0 Å². The van der Waals surface area contributed by atoms with Gasteiger partial charge in [0.2, 0.25) is 0 Å². The van der Waals surface area contributed by atoms with E-state index in [1.54, 1.807) is 0 Å². The van der Waals surface area contributed by atoms with Crippen molar-refractivity contribution >= 4 is 15.9 Å². The predicted molar refractivity (Wildman–Crippen MR) is 82.7 cm³/mol. The van der Waals surface area contributed by atoms with E-state index in [2.05, 4.69) is 41.1 Å². The number of nitrogens with two attached hydrogens (primary N) is 1. The molecular weight excluding hydrogens is 318 g/mol. The zero-order valence-corrected chi connectivity index (χ0v) is 13.5. The largest absolute Gasteiger partial charge is 0.378 e. The number of halogens is 1. The molecule has 2 saturated heterocycles. The molecule has 2 heterocycles. The number of hydrogen-bond acceptors (Lipinski definition) is 3. The first-order valence-corrected chi connectivity index (χ1v) is 8.12. The van der Waals surface area contributed by atoms with Crippen LogP contribution in [0.15, 0.2) is 22.7 Å². The molecular formula is C16H22BrNO2. The van der Waals surface area contributed by atoms with Gasteiger partial charge in [-0.3, -0.25) is 0 Å². The van der Waals surface area contributed by atoms with Gasteiger partial charge in [-0.2, -0.15) is 0 Å². The summed E-state index contributed by atoms with van der Waals surface area (Å²) in [5.74, 6) is 0.472. The molecule has 2 aliphatic heterocycles. The van der Waals surface area contributed by atoms with Crippen LogP contribution in [-0.2, 0) is 9.47 Å². The number of benzene rings is 1. The molecule has 2 fully saturated rings. The van der Waals surface area contributed by atoms with E-state index in [-0.39, 0.29) is 11.6 Å².